The van der Waals surface area contributed by atoms with Gasteiger partial charge in [-0.05, 0) is 31.4 Å². The first-order valence-corrected chi connectivity index (χ1v) is 5.44. The van der Waals surface area contributed by atoms with Gasteiger partial charge in [0.05, 0.1) is 5.03 Å². The van der Waals surface area contributed by atoms with Gasteiger partial charge in [-0.25, -0.2) is 0 Å². The van der Waals surface area contributed by atoms with Crippen LogP contribution in [0.4, 0.5) is 0 Å². The molecule has 4 heteroatoms. The summed E-state index contributed by atoms with van der Waals surface area (Å²) in [5.41, 5.74) is 1.32. The van der Waals surface area contributed by atoms with Crippen LogP contribution in [0.5, 0.6) is 0 Å². The highest BCUT2D eigenvalue weighted by molar-refractivity contribution is 8.06. The van der Waals surface area contributed by atoms with E-state index in [4.69, 9.17) is 10.5 Å². The Morgan fingerprint density at radius 3 is 2.73 bits per heavy atom. The molecule has 0 spiro atoms. The number of hydrogen-bond donors (Lipinski definition) is 0. The lowest BCUT2D eigenvalue weighted by molar-refractivity contribution is 0.489. The van der Waals surface area contributed by atoms with Gasteiger partial charge in [-0.2, -0.15) is 10.5 Å². The van der Waals surface area contributed by atoms with Gasteiger partial charge in [-0.3, -0.25) is 0 Å². The van der Waals surface area contributed by atoms with Crippen LogP contribution >= 0.6 is 11.8 Å². The fourth-order valence-corrected chi connectivity index (χ4v) is 2.20. The summed E-state index contributed by atoms with van der Waals surface area (Å²) in [5, 5.41) is 20.3. The molecule has 3 nitrogen and oxygen atoms in total. The lowest BCUT2D eigenvalue weighted by Gasteiger charge is -2.18. The van der Waals surface area contributed by atoms with E-state index in [1.54, 1.807) is 17.8 Å². The van der Waals surface area contributed by atoms with Gasteiger partial charge >= 0.3 is 0 Å². The van der Waals surface area contributed by atoms with E-state index in [1.165, 1.54) is 5.70 Å². The number of thioether (sulfide) groups is 1. The Balaban J connectivity index is 2.85. The van der Waals surface area contributed by atoms with Crippen LogP contribution in [-0.4, -0.2) is 11.4 Å². The molecule has 0 N–H and O–H groups in total. The highest BCUT2D eigenvalue weighted by atomic mass is 32.2. The topological polar surface area (TPSA) is 50.8 Å². The maximum Gasteiger partial charge on any atom is 0.129 e. The van der Waals surface area contributed by atoms with Crippen molar-refractivity contribution in [3.05, 3.63) is 33.9 Å². The first kappa shape index (κ1) is 11.4. The van der Waals surface area contributed by atoms with Gasteiger partial charge in [0, 0.05) is 12.2 Å². The third-order valence-corrected chi connectivity index (χ3v) is 3.05. The predicted octanol–water partition coefficient (Wildman–Crippen LogP) is 2.73. The van der Waals surface area contributed by atoms with Gasteiger partial charge in [0.1, 0.15) is 17.7 Å². The summed E-state index contributed by atoms with van der Waals surface area (Å²) in [7, 11) is 0. The molecule has 0 amide bonds. The fraction of sp³-hybridized carbons (Fsp3) is 0.273. The predicted molar refractivity (Wildman–Crippen MR) is 61.1 cm³/mol. The minimum atomic E-state index is 0.128. The zero-order valence-corrected chi connectivity index (χ0v) is 9.51. The quantitative estimate of drug-likeness (QED) is 0.667. The zero-order chi connectivity index (χ0) is 11.3. The van der Waals surface area contributed by atoms with Crippen molar-refractivity contribution in [2.24, 2.45) is 0 Å². The largest absolute Gasteiger partial charge is 0.340 e. The average Bonchev–Trinajstić information content (AvgIpc) is 2.61. The molecule has 0 aromatic carbocycles. The van der Waals surface area contributed by atoms with Crippen molar-refractivity contribution >= 4 is 11.8 Å². The Morgan fingerprint density at radius 1 is 1.53 bits per heavy atom. The van der Waals surface area contributed by atoms with Crippen LogP contribution in [0.3, 0.4) is 0 Å². The molecule has 76 valence electrons. The van der Waals surface area contributed by atoms with Crippen LogP contribution in [0, 0.1) is 22.7 Å². The average molecular weight is 217 g/mol. The van der Waals surface area contributed by atoms with Crippen molar-refractivity contribution < 1.29 is 0 Å². The van der Waals surface area contributed by atoms with Crippen molar-refractivity contribution in [3.8, 4) is 12.1 Å². The van der Waals surface area contributed by atoms with Gasteiger partial charge in [-0.1, -0.05) is 11.8 Å². The molecular weight excluding hydrogens is 206 g/mol. The van der Waals surface area contributed by atoms with Gasteiger partial charge in [-0.15, -0.1) is 0 Å². The second-order valence-electron chi connectivity index (χ2n) is 2.93. The van der Waals surface area contributed by atoms with Crippen molar-refractivity contribution in [2.45, 2.75) is 13.8 Å². The molecule has 0 fully saturated rings. The van der Waals surface area contributed by atoms with E-state index in [-0.39, 0.29) is 5.57 Å². The van der Waals surface area contributed by atoms with Crippen molar-refractivity contribution in [2.75, 3.05) is 6.54 Å². The number of nitrogens with zero attached hydrogens (tertiary/aromatic N) is 3. The molecule has 0 saturated heterocycles. The Kier molecular flexibility index (Phi) is 4.03. The van der Waals surface area contributed by atoms with Gasteiger partial charge in [0.2, 0.25) is 0 Å². The Labute approximate surface area is 94.0 Å². The smallest absolute Gasteiger partial charge is 0.129 e. The zero-order valence-electron chi connectivity index (χ0n) is 8.69. The Morgan fingerprint density at radius 2 is 2.20 bits per heavy atom. The summed E-state index contributed by atoms with van der Waals surface area (Å²) >= 11 is 1.61. The Bertz CT molecular complexity index is 402. The summed E-state index contributed by atoms with van der Waals surface area (Å²) in [5.74, 6) is 0. The SMILES string of the molecule is CCN1C(C)=CSC1=CC=C(C#N)C#N. The molecule has 1 aliphatic rings. The van der Waals surface area contributed by atoms with Gasteiger partial charge < -0.3 is 4.90 Å². The highest BCUT2D eigenvalue weighted by Crippen LogP contribution is 2.33. The van der Waals surface area contributed by atoms with E-state index < -0.39 is 0 Å². The maximum atomic E-state index is 8.57. The third kappa shape index (κ3) is 2.65. The first-order valence-electron chi connectivity index (χ1n) is 4.56. The molecule has 0 unspecified atom stereocenters. The number of allylic oxidation sites excluding steroid dienone is 4. The molecule has 1 aliphatic heterocycles. The van der Waals surface area contributed by atoms with Crippen LogP contribution in [0.25, 0.3) is 0 Å². The minimum Gasteiger partial charge on any atom is -0.340 e. The van der Waals surface area contributed by atoms with E-state index in [1.807, 2.05) is 25.1 Å². The molecule has 1 rings (SSSR count). The molecule has 0 aliphatic carbocycles. The molecule has 0 atom stereocenters. The third-order valence-electron chi connectivity index (χ3n) is 1.99. The standard InChI is InChI=1S/C11H11N3S/c1-3-14-9(2)8-15-11(14)5-4-10(6-12)7-13/h4-5,8H,3H2,1-2H3. The number of rotatable bonds is 2. The van der Waals surface area contributed by atoms with E-state index in [0.29, 0.717) is 0 Å². The van der Waals surface area contributed by atoms with E-state index in [0.717, 1.165) is 11.6 Å². The van der Waals surface area contributed by atoms with Crippen LogP contribution < -0.4 is 0 Å². The molecule has 0 saturated carbocycles. The van der Waals surface area contributed by atoms with Crippen molar-refractivity contribution in [1.82, 2.24) is 4.90 Å². The molecule has 1 heterocycles. The second-order valence-corrected chi connectivity index (χ2v) is 3.82. The second kappa shape index (κ2) is 5.29. The van der Waals surface area contributed by atoms with Crippen LogP contribution in [0.15, 0.2) is 33.9 Å². The summed E-state index contributed by atoms with van der Waals surface area (Å²) < 4.78 is 0. The van der Waals surface area contributed by atoms with E-state index in [2.05, 4.69) is 17.2 Å². The molecule has 0 bridgehead atoms. The van der Waals surface area contributed by atoms with Crippen LogP contribution in [0.1, 0.15) is 13.8 Å². The number of nitriles is 2. The monoisotopic (exact) mass is 217 g/mol. The van der Waals surface area contributed by atoms with Crippen molar-refractivity contribution in [1.29, 1.82) is 10.5 Å². The lowest BCUT2D eigenvalue weighted by Crippen LogP contribution is -2.14. The van der Waals surface area contributed by atoms with E-state index in [9.17, 15) is 0 Å². The normalized spacial score (nSPS) is 16.9. The highest BCUT2D eigenvalue weighted by Gasteiger charge is 2.14. The minimum absolute atomic E-state index is 0.128. The molecule has 0 radical (unpaired) electrons. The molecule has 15 heavy (non-hydrogen) atoms. The first-order chi connectivity index (χ1) is 7.22. The van der Waals surface area contributed by atoms with Crippen LogP contribution in [-0.2, 0) is 0 Å². The Hall–Kier alpha value is -1.65. The number of hydrogen-bond acceptors (Lipinski definition) is 4. The summed E-state index contributed by atoms with van der Waals surface area (Å²) in [6.07, 6.45) is 3.36. The van der Waals surface area contributed by atoms with Crippen LogP contribution in [0.2, 0.25) is 0 Å². The molecular formula is C11H11N3S. The maximum absolute atomic E-state index is 8.57. The van der Waals surface area contributed by atoms with Gasteiger partial charge in [0.15, 0.2) is 0 Å². The summed E-state index contributed by atoms with van der Waals surface area (Å²) in [6, 6.07) is 3.66. The van der Waals surface area contributed by atoms with Crippen molar-refractivity contribution in [3.63, 3.8) is 0 Å². The fourth-order valence-electron chi connectivity index (χ4n) is 1.24. The molecule has 0 aromatic heterocycles. The molecule has 0 aromatic rings. The lowest BCUT2D eigenvalue weighted by atomic mass is 10.3. The summed E-state index contributed by atoms with van der Waals surface area (Å²) in [4.78, 5) is 2.13. The van der Waals surface area contributed by atoms with E-state index >= 15 is 0 Å². The summed E-state index contributed by atoms with van der Waals surface area (Å²) in [6.45, 7) is 5.00. The van der Waals surface area contributed by atoms with Gasteiger partial charge in [0.25, 0.3) is 0 Å².